The Morgan fingerprint density at radius 3 is 2.27 bits per heavy atom. The van der Waals surface area contributed by atoms with E-state index in [1.807, 2.05) is 30.3 Å². The number of amides is 3. The third kappa shape index (κ3) is 8.44. The van der Waals surface area contributed by atoms with Crippen LogP contribution in [-0.2, 0) is 20.7 Å². The second-order valence-electron chi connectivity index (χ2n) is 9.56. The Kier molecular flexibility index (Phi) is 14.6. The number of fused-ring (bicyclic) bond motifs is 3. The number of hydrogen-bond acceptors (Lipinski definition) is 9. The van der Waals surface area contributed by atoms with Crippen molar-refractivity contribution < 1.29 is 28.2 Å². The van der Waals surface area contributed by atoms with Gasteiger partial charge in [0.1, 0.15) is 11.4 Å². The van der Waals surface area contributed by atoms with Crippen LogP contribution in [0.5, 0.6) is 5.75 Å². The van der Waals surface area contributed by atoms with Gasteiger partial charge in [0.15, 0.2) is 0 Å². The number of ether oxygens (including phenoxy) is 1. The van der Waals surface area contributed by atoms with Gasteiger partial charge in [-0.3, -0.25) is 18.8 Å². The number of nitrogens with zero attached hydrogens (tertiary/aromatic N) is 3. The van der Waals surface area contributed by atoms with Crippen LogP contribution in [0.15, 0.2) is 36.4 Å². The molecule has 1 radical (unpaired) electrons. The Morgan fingerprint density at radius 1 is 1.09 bits per heavy atom. The Balaban J connectivity index is 0.000000597. The topological polar surface area (TPSA) is 185 Å². The van der Waals surface area contributed by atoms with Crippen molar-refractivity contribution in [1.82, 2.24) is 20.1 Å². The summed E-state index contributed by atoms with van der Waals surface area (Å²) in [5.41, 5.74) is 16.4. The van der Waals surface area contributed by atoms with Crippen molar-refractivity contribution in [3.05, 3.63) is 53.1 Å². The quantitative estimate of drug-likeness (QED) is 0.108. The van der Waals surface area contributed by atoms with Gasteiger partial charge in [0.25, 0.3) is 5.91 Å². The number of benzene rings is 2. The molecular formula is C30H38BFN7O5. The van der Waals surface area contributed by atoms with Crippen LogP contribution in [0.1, 0.15) is 34.8 Å². The Labute approximate surface area is 256 Å². The van der Waals surface area contributed by atoms with Gasteiger partial charge >= 0.3 is 12.4 Å². The summed E-state index contributed by atoms with van der Waals surface area (Å²) >= 11 is 0. The Bertz CT molecular complexity index is 1430. The molecule has 44 heavy (non-hydrogen) atoms. The van der Waals surface area contributed by atoms with E-state index in [0.717, 1.165) is 46.3 Å². The molecule has 3 amide bonds. The van der Waals surface area contributed by atoms with E-state index in [1.165, 1.54) is 6.21 Å². The molecular weight excluding hydrogens is 568 g/mol. The van der Waals surface area contributed by atoms with Crippen molar-refractivity contribution in [2.75, 3.05) is 58.8 Å². The molecule has 1 fully saturated rings. The molecule has 0 atom stereocenters. The fourth-order valence-corrected chi connectivity index (χ4v) is 4.95. The fourth-order valence-electron chi connectivity index (χ4n) is 4.95. The van der Waals surface area contributed by atoms with Gasteiger partial charge in [-0.1, -0.05) is 12.1 Å². The maximum absolute atomic E-state index is 13.0. The first-order valence-corrected chi connectivity index (χ1v) is 13.9. The summed E-state index contributed by atoms with van der Waals surface area (Å²) in [7, 11) is 3.75. The summed E-state index contributed by atoms with van der Waals surface area (Å²) in [6.07, 6.45) is 3.63. The molecule has 3 heterocycles. The van der Waals surface area contributed by atoms with Gasteiger partial charge in [-0.05, 0) is 37.1 Å². The molecule has 233 valence electrons. The van der Waals surface area contributed by atoms with E-state index >= 15 is 0 Å². The molecule has 0 aliphatic carbocycles. The predicted molar refractivity (Wildman–Crippen MR) is 168 cm³/mol. The maximum atomic E-state index is 13.0. The zero-order valence-corrected chi connectivity index (χ0v) is 25.0. The molecule has 2 aliphatic heterocycles. The molecule has 2 aromatic carbocycles. The second-order valence-corrected chi connectivity index (χ2v) is 9.56. The number of nitrogens with two attached hydrogens (primary N) is 2. The minimum atomic E-state index is -0.0365. The standard InChI is InChI=1S/C26H27N5O3.C3H8N2O.CH3F.BO/c1-16(32)30-10-12-31(13-11-30)26(33)18-6-4-17(5-7-18)24-25-19(3-2-14-34-25)23-20(15-27)21(28)8-9-22(23)29-24;4-1-2-5-3-6;2*1-2/h4-9,15,27H,2-3,10-14,28H2,1H3;3H,1-2,4H2,(H,5,6);1H3;. The number of nitrogens with one attached hydrogen (secondary N) is 2. The van der Waals surface area contributed by atoms with Crippen molar-refractivity contribution in [3.63, 3.8) is 0 Å². The van der Waals surface area contributed by atoms with E-state index in [4.69, 9.17) is 31.3 Å². The van der Waals surface area contributed by atoms with Gasteiger partial charge < -0.3 is 36.7 Å². The number of nitrogen functional groups attached to an aromatic ring is 1. The van der Waals surface area contributed by atoms with E-state index < -0.39 is 0 Å². The number of pyridine rings is 1. The summed E-state index contributed by atoms with van der Waals surface area (Å²) in [6, 6.07) is 11.1. The van der Waals surface area contributed by atoms with Crippen LogP contribution >= 0.6 is 0 Å². The van der Waals surface area contributed by atoms with Gasteiger partial charge in [0, 0.05) is 85.7 Å². The van der Waals surface area contributed by atoms with Crippen LogP contribution in [0.3, 0.4) is 0 Å². The first-order chi connectivity index (χ1) is 21.4. The molecule has 0 bridgehead atoms. The molecule has 12 nitrogen and oxygen atoms in total. The summed E-state index contributed by atoms with van der Waals surface area (Å²) in [5, 5.41) is 11.1. The molecule has 1 saturated heterocycles. The fraction of sp³-hybridized carbons (Fsp3) is 0.367. The average Bonchev–Trinajstić information content (AvgIpc) is 3.09. The van der Waals surface area contributed by atoms with Crippen LogP contribution in [0, 0.1) is 5.41 Å². The SMILES string of the molecule is CC(=O)N1CCN(C(=O)c2ccc(-c3nc4ccc(N)c(C=N)c4c4c3OCCC4)cc2)CC1.CF.NCCNC=O.[B]=O. The zero-order valence-electron chi connectivity index (χ0n) is 25.0. The number of piperazine rings is 1. The van der Waals surface area contributed by atoms with Gasteiger partial charge in [0.05, 0.1) is 19.3 Å². The van der Waals surface area contributed by atoms with Gasteiger partial charge in [0.2, 0.25) is 12.3 Å². The number of alkyl halides is 1. The summed E-state index contributed by atoms with van der Waals surface area (Å²) < 4.78 is 23.3. The van der Waals surface area contributed by atoms with Crippen molar-refractivity contribution in [3.8, 4) is 17.0 Å². The summed E-state index contributed by atoms with van der Waals surface area (Å²) in [4.78, 5) is 42.4. The van der Waals surface area contributed by atoms with Gasteiger partial charge in [-0.2, -0.15) is 0 Å². The van der Waals surface area contributed by atoms with Crippen molar-refractivity contribution in [2.45, 2.75) is 19.8 Å². The Morgan fingerprint density at radius 2 is 1.73 bits per heavy atom. The molecule has 0 saturated carbocycles. The van der Waals surface area contributed by atoms with Gasteiger partial charge in [-0.25, -0.2) is 4.98 Å². The number of carbonyl (C=O) groups excluding carboxylic acids is 3. The molecule has 0 spiro atoms. The number of rotatable bonds is 6. The molecule has 0 unspecified atom stereocenters. The predicted octanol–water partition coefficient (Wildman–Crippen LogP) is 1.89. The average molecular weight is 606 g/mol. The summed E-state index contributed by atoms with van der Waals surface area (Å²) in [6.45, 7) is 5.44. The van der Waals surface area contributed by atoms with E-state index in [2.05, 4.69) is 13.0 Å². The molecule has 3 aromatic rings. The van der Waals surface area contributed by atoms with E-state index in [9.17, 15) is 18.8 Å². The van der Waals surface area contributed by atoms with Crippen LogP contribution in [-0.4, -0.2) is 100.0 Å². The number of aromatic nitrogens is 1. The second kappa shape index (κ2) is 18.1. The van der Waals surface area contributed by atoms with E-state index in [-0.39, 0.29) is 11.8 Å². The van der Waals surface area contributed by atoms with Crippen LogP contribution in [0.2, 0.25) is 0 Å². The number of carbonyl (C=O) groups is 3. The van der Waals surface area contributed by atoms with E-state index in [1.54, 1.807) is 22.8 Å². The Hall–Kier alpha value is -4.72. The molecule has 1 aromatic heterocycles. The third-order valence-electron chi connectivity index (χ3n) is 7.03. The van der Waals surface area contributed by atoms with E-state index in [0.29, 0.717) is 76.3 Å². The van der Waals surface area contributed by atoms with Crippen molar-refractivity contribution >= 4 is 48.7 Å². The number of halogens is 1. The first kappa shape index (κ1) is 35.5. The molecule has 2 aliphatic rings. The molecule has 14 heteroatoms. The number of anilines is 1. The normalized spacial score (nSPS) is 13.2. The number of aryl methyl sites for hydroxylation is 1. The zero-order chi connectivity index (χ0) is 32.6. The monoisotopic (exact) mass is 606 g/mol. The minimum absolute atomic E-state index is 0.0365. The number of hydrogen-bond donors (Lipinski definition) is 4. The van der Waals surface area contributed by atoms with Gasteiger partial charge in [-0.15, -0.1) is 0 Å². The van der Waals surface area contributed by atoms with Crippen molar-refractivity contribution in [2.24, 2.45) is 5.73 Å². The van der Waals surface area contributed by atoms with Crippen LogP contribution < -0.4 is 21.5 Å². The van der Waals surface area contributed by atoms with Crippen molar-refractivity contribution in [1.29, 1.82) is 5.41 Å². The third-order valence-corrected chi connectivity index (χ3v) is 7.03. The van der Waals surface area contributed by atoms with Crippen LogP contribution in [0.4, 0.5) is 10.1 Å². The molecule has 5 rings (SSSR count). The first-order valence-electron chi connectivity index (χ1n) is 13.9. The van der Waals surface area contributed by atoms with Crippen LogP contribution in [0.25, 0.3) is 22.2 Å². The summed E-state index contributed by atoms with van der Waals surface area (Å²) in [5.74, 6) is 0.734. The molecule has 6 N–H and O–H groups in total.